The molecule has 0 aliphatic carbocycles. The van der Waals surface area contributed by atoms with Gasteiger partial charge in [0.1, 0.15) is 5.69 Å². The van der Waals surface area contributed by atoms with E-state index in [-0.39, 0.29) is 24.3 Å². The molecule has 1 atom stereocenters. The summed E-state index contributed by atoms with van der Waals surface area (Å²) in [7, 11) is 0. The van der Waals surface area contributed by atoms with Crippen LogP contribution in [0.25, 0.3) is 11.0 Å². The van der Waals surface area contributed by atoms with E-state index in [1.54, 1.807) is 6.92 Å². The van der Waals surface area contributed by atoms with Crippen LogP contribution in [0.4, 0.5) is 5.69 Å². The van der Waals surface area contributed by atoms with Crippen LogP contribution in [0.2, 0.25) is 0 Å². The molecule has 0 spiro atoms. The van der Waals surface area contributed by atoms with E-state index < -0.39 is 0 Å². The van der Waals surface area contributed by atoms with E-state index in [4.69, 9.17) is 4.52 Å². The standard InChI is InChI=1S/C20H21N3O3/c1-3-19(24)22-15-10-8-14(9-11-15)13(2)21-20(25)12-17-16-6-4-5-7-18(16)26-23-17/h4-11,13H,3,12H2,1-2H3,(H,21,25)(H,22,24). The van der Waals surface area contributed by atoms with Gasteiger partial charge < -0.3 is 15.2 Å². The third-order valence-electron chi connectivity index (χ3n) is 4.17. The van der Waals surface area contributed by atoms with Crippen molar-refractivity contribution in [3.05, 3.63) is 59.8 Å². The van der Waals surface area contributed by atoms with Crippen molar-refractivity contribution in [3.63, 3.8) is 0 Å². The Labute approximate surface area is 151 Å². The molecule has 0 fully saturated rings. The zero-order valence-electron chi connectivity index (χ0n) is 14.8. The van der Waals surface area contributed by atoms with Crippen LogP contribution >= 0.6 is 0 Å². The Morgan fingerprint density at radius 3 is 2.54 bits per heavy atom. The third-order valence-corrected chi connectivity index (χ3v) is 4.17. The molecule has 0 aliphatic rings. The average molecular weight is 351 g/mol. The summed E-state index contributed by atoms with van der Waals surface area (Å²) < 4.78 is 5.23. The van der Waals surface area contributed by atoms with Crippen LogP contribution in [0.3, 0.4) is 0 Å². The van der Waals surface area contributed by atoms with Crippen molar-refractivity contribution >= 4 is 28.5 Å². The molecule has 1 aromatic heterocycles. The highest BCUT2D eigenvalue weighted by atomic mass is 16.5. The Hall–Kier alpha value is -3.15. The lowest BCUT2D eigenvalue weighted by atomic mass is 10.1. The van der Waals surface area contributed by atoms with Gasteiger partial charge in [-0.25, -0.2) is 0 Å². The number of amides is 2. The minimum Gasteiger partial charge on any atom is -0.356 e. The summed E-state index contributed by atoms with van der Waals surface area (Å²) in [5.74, 6) is -0.154. The first-order chi connectivity index (χ1) is 12.6. The molecule has 0 radical (unpaired) electrons. The largest absolute Gasteiger partial charge is 0.356 e. The summed E-state index contributed by atoms with van der Waals surface area (Å²) in [6, 6.07) is 14.8. The van der Waals surface area contributed by atoms with Gasteiger partial charge in [0.25, 0.3) is 0 Å². The molecule has 0 saturated heterocycles. The van der Waals surface area contributed by atoms with Gasteiger partial charge in [-0.3, -0.25) is 9.59 Å². The van der Waals surface area contributed by atoms with Gasteiger partial charge in [0, 0.05) is 17.5 Å². The van der Waals surface area contributed by atoms with Crippen molar-refractivity contribution in [2.75, 3.05) is 5.32 Å². The van der Waals surface area contributed by atoms with Crippen LogP contribution in [-0.4, -0.2) is 17.0 Å². The minimum atomic E-state index is -0.156. The Morgan fingerprint density at radius 1 is 1.08 bits per heavy atom. The molecule has 0 aliphatic heterocycles. The molecule has 3 rings (SSSR count). The zero-order valence-corrected chi connectivity index (χ0v) is 14.8. The number of para-hydroxylation sites is 1. The fourth-order valence-corrected chi connectivity index (χ4v) is 2.70. The molecule has 134 valence electrons. The number of benzene rings is 2. The number of nitrogens with zero attached hydrogens (tertiary/aromatic N) is 1. The van der Waals surface area contributed by atoms with Crippen molar-refractivity contribution in [1.82, 2.24) is 10.5 Å². The number of fused-ring (bicyclic) bond motifs is 1. The molecule has 3 aromatic rings. The molecule has 26 heavy (non-hydrogen) atoms. The number of hydrogen-bond acceptors (Lipinski definition) is 4. The predicted octanol–water partition coefficient (Wildman–Crippen LogP) is 3.60. The molecule has 6 heteroatoms. The summed E-state index contributed by atoms with van der Waals surface area (Å²) in [5, 5.41) is 10.6. The van der Waals surface area contributed by atoms with Gasteiger partial charge in [-0.2, -0.15) is 0 Å². The fraction of sp³-hybridized carbons (Fsp3) is 0.250. The molecule has 2 aromatic carbocycles. The van der Waals surface area contributed by atoms with Gasteiger partial charge in [-0.15, -0.1) is 0 Å². The van der Waals surface area contributed by atoms with Gasteiger partial charge in [0.15, 0.2) is 5.58 Å². The zero-order chi connectivity index (χ0) is 18.5. The van der Waals surface area contributed by atoms with Gasteiger partial charge in [0.05, 0.1) is 12.5 Å². The number of rotatable bonds is 6. The topological polar surface area (TPSA) is 84.2 Å². The Balaban J connectivity index is 1.61. The van der Waals surface area contributed by atoms with Crippen LogP contribution < -0.4 is 10.6 Å². The van der Waals surface area contributed by atoms with E-state index in [1.807, 2.05) is 55.5 Å². The first-order valence-electron chi connectivity index (χ1n) is 8.59. The van der Waals surface area contributed by atoms with E-state index in [2.05, 4.69) is 15.8 Å². The SMILES string of the molecule is CCC(=O)Nc1ccc(C(C)NC(=O)Cc2noc3ccccc23)cc1. The van der Waals surface area contributed by atoms with Gasteiger partial charge in [-0.1, -0.05) is 36.3 Å². The Morgan fingerprint density at radius 2 is 1.81 bits per heavy atom. The van der Waals surface area contributed by atoms with E-state index in [1.165, 1.54) is 0 Å². The normalized spacial score (nSPS) is 11.9. The Bertz CT molecular complexity index is 915. The van der Waals surface area contributed by atoms with Crippen LogP contribution in [0.1, 0.15) is 37.6 Å². The highest BCUT2D eigenvalue weighted by molar-refractivity contribution is 5.90. The predicted molar refractivity (Wildman–Crippen MR) is 99.6 cm³/mol. The second-order valence-electron chi connectivity index (χ2n) is 6.12. The molecule has 1 heterocycles. The summed E-state index contributed by atoms with van der Waals surface area (Å²) in [5.41, 5.74) is 3.00. The molecule has 0 saturated carbocycles. The molecular formula is C20H21N3O3. The van der Waals surface area contributed by atoms with Crippen LogP contribution in [-0.2, 0) is 16.0 Å². The van der Waals surface area contributed by atoms with Crippen LogP contribution in [0.15, 0.2) is 53.1 Å². The minimum absolute atomic E-state index is 0.0288. The van der Waals surface area contributed by atoms with Gasteiger partial charge in [0.2, 0.25) is 11.8 Å². The van der Waals surface area contributed by atoms with Crippen molar-refractivity contribution in [2.24, 2.45) is 0 Å². The molecular weight excluding hydrogens is 330 g/mol. The smallest absolute Gasteiger partial charge is 0.226 e. The van der Waals surface area contributed by atoms with Crippen molar-refractivity contribution in [2.45, 2.75) is 32.7 Å². The highest BCUT2D eigenvalue weighted by Crippen LogP contribution is 2.19. The van der Waals surface area contributed by atoms with Crippen molar-refractivity contribution in [3.8, 4) is 0 Å². The second-order valence-corrected chi connectivity index (χ2v) is 6.12. The molecule has 6 nitrogen and oxygen atoms in total. The quantitative estimate of drug-likeness (QED) is 0.711. The lowest BCUT2D eigenvalue weighted by molar-refractivity contribution is -0.121. The summed E-state index contributed by atoms with van der Waals surface area (Å²) >= 11 is 0. The van der Waals surface area contributed by atoms with Crippen LogP contribution in [0.5, 0.6) is 0 Å². The molecule has 0 bridgehead atoms. The van der Waals surface area contributed by atoms with Crippen molar-refractivity contribution in [1.29, 1.82) is 0 Å². The number of carbonyl (C=O) groups is 2. The molecule has 2 N–H and O–H groups in total. The van der Waals surface area contributed by atoms with E-state index in [0.717, 1.165) is 16.6 Å². The summed E-state index contributed by atoms with van der Waals surface area (Å²) in [6.07, 6.45) is 0.594. The number of hydrogen-bond donors (Lipinski definition) is 2. The second kappa shape index (κ2) is 7.82. The van der Waals surface area contributed by atoms with E-state index in [0.29, 0.717) is 17.7 Å². The summed E-state index contributed by atoms with van der Waals surface area (Å²) in [6.45, 7) is 3.72. The maximum atomic E-state index is 12.3. The first kappa shape index (κ1) is 17.7. The number of aromatic nitrogens is 1. The third kappa shape index (κ3) is 4.08. The summed E-state index contributed by atoms with van der Waals surface area (Å²) in [4.78, 5) is 23.7. The number of carbonyl (C=O) groups excluding carboxylic acids is 2. The molecule has 2 amide bonds. The van der Waals surface area contributed by atoms with Gasteiger partial charge >= 0.3 is 0 Å². The van der Waals surface area contributed by atoms with E-state index >= 15 is 0 Å². The maximum Gasteiger partial charge on any atom is 0.226 e. The van der Waals surface area contributed by atoms with Gasteiger partial charge in [-0.05, 0) is 36.8 Å². The first-order valence-corrected chi connectivity index (χ1v) is 8.59. The Kier molecular flexibility index (Phi) is 5.31. The lowest BCUT2D eigenvalue weighted by Gasteiger charge is -2.14. The lowest BCUT2D eigenvalue weighted by Crippen LogP contribution is -2.28. The number of anilines is 1. The van der Waals surface area contributed by atoms with Crippen molar-refractivity contribution < 1.29 is 14.1 Å². The monoisotopic (exact) mass is 351 g/mol. The maximum absolute atomic E-state index is 12.3. The highest BCUT2D eigenvalue weighted by Gasteiger charge is 2.14. The number of nitrogens with one attached hydrogen (secondary N) is 2. The van der Waals surface area contributed by atoms with Crippen LogP contribution in [0, 0.1) is 0 Å². The molecule has 1 unspecified atom stereocenters. The fourth-order valence-electron chi connectivity index (χ4n) is 2.70. The van der Waals surface area contributed by atoms with E-state index in [9.17, 15) is 9.59 Å². The average Bonchev–Trinajstić information content (AvgIpc) is 3.05.